The van der Waals surface area contributed by atoms with E-state index >= 15 is 0 Å². The number of aryl methyl sites for hydroxylation is 2. The number of carbonyl (C=O) groups is 1. The number of aromatic nitrogens is 2. The second-order valence-corrected chi connectivity index (χ2v) is 6.02. The van der Waals surface area contributed by atoms with E-state index in [4.69, 9.17) is 0 Å². The molecule has 0 atom stereocenters. The van der Waals surface area contributed by atoms with Crippen LogP contribution in [-0.4, -0.2) is 29.7 Å². The van der Waals surface area contributed by atoms with Crippen molar-refractivity contribution < 1.29 is 4.79 Å². The summed E-state index contributed by atoms with van der Waals surface area (Å²) in [6.07, 6.45) is 1.20. The van der Waals surface area contributed by atoms with Crippen LogP contribution in [0.1, 0.15) is 28.7 Å². The van der Waals surface area contributed by atoms with Crippen LogP contribution in [-0.2, 0) is 19.9 Å². The lowest BCUT2D eigenvalue weighted by atomic mass is 10.1. The molecule has 0 spiro atoms. The van der Waals surface area contributed by atoms with Gasteiger partial charge in [0.1, 0.15) is 0 Å². The van der Waals surface area contributed by atoms with Gasteiger partial charge in [0, 0.05) is 32.4 Å². The van der Waals surface area contributed by atoms with Gasteiger partial charge in [-0.25, -0.2) is 0 Å². The van der Waals surface area contributed by atoms with Crippen molar-refractivity contribution in [2.24, 2.45) is 7.05 Å². The first-order valence-corrected chi connectivity index (χ1v) is 7.74. The summed E-state index contributed by atoms with van der Waals surface area (Å²) in [5, 5.41) is 4.42. The monoisotopic (exact) mass is 349 g/mol. The van der Waals surface area contributed by atoms with E-state index in [0.717, 1.165) is 33.5 Å². The summed E-state index contributed by atoms with van der Waals surface area (Å²) in [5.41, 5.74) is 3.73. The van der Waals surface area contributed by atoms with Crippen molar-refractivity contribution in [2.75, 3.05) is 19.0 Å². The summed E-state index contributed by atoms with van der Waals surface area (Å²) in [4.78, 5) is 14.4. The van der Waals surface area contributed by atoms with E-state index in [1.165, 1.54) is 0 Å². The Kier molecular flexibility index (Phi) is 4.83. The molecule has 0 unspecified atom stereocenters. The van der Waals surface area contributed by atoms with Gasteiger partial charge >= 0.3 is 0 Å². The Morgan fingerprint density at radius 3 is 2.38 bits per heavy atom. The molecule has 5 heteroatoms. The fraction of sp³-hybridized carbons (Fsp3) is 0.375. The molecular formula is C16H20BrN3O. The molecule has 0 saturated carbocycles. The van der Waals surface area contributed by atoms with Crippen molar-refractivity contribution in [1.29, 1.82) is 0 Å². The van der Waals surface area contributed by atoms with E-state index in [1.807, 2.05) is 50.3 Å². The molecule has 0 aliphatic carbocycles. The zero-order valence-electron chi connectivity index (χ0n) is 12.9. The molecule has 1 aromatic carbocycles. The number of carbonyl (C=O) groups excluding carboxylic acids is 1. The highest BCUT2D eigenvalue weighted by atomic mass is 79.9. The Balaban J connectivity index is 2.20. The zero-order chi connectivity index (χ0) is 15.6. The number of Topliss-reactive ketones (excluding diaryl/α,β-unsaturated/α-hetero) is 1. The molecule has 0 radical (unpaired) electrons. The van der Waals surface area contributed by atoms with Gasteiger partial charge in [-0.1, -0.05) is 6.92 Å². The molecule has 0 saturated heterocycles. The van der Waals surface area contributed by atoms with Crippen molar-refractivity contribution in [1.82, 2.24) is 9.78 Å². The van der Waals surface area contributed by atoms with Crippen LogP contribution in [0.2, 0.25) is 0 Å². The van der Waals surface area contributed by atoms with Crippen LogP contribution in [0.15, 0.2) is 28.7 Å². The van der Waals surface area contributed by atoms with Crippen LogP contribution in [0, 0.1) is 0 Å². The Hall–Kier alpha value is -1.62. The SMILES string of the molecule is CCc1nn(C)c(CC(=O)c2ccc(N(C)C)cc2)c1Br. The first-order chi connectivity index (χ1) is 9.93. The molecule has 0 bridgehead atoms. The minimum atomic E-state index is 0.103. The largest absolute Gasteiger partial charge is 0.378 e. The maximum atomic E-state index is 12.4. The molecule has 0 aliphatic heterocycles. The second-order valence-electron chi connectivity index (χ2n) is 5.23. The van der Waals surface area contributed by atoms with Gasteiger partial charge in [-0.15, -0.1) is 0 Å². The minimum absolute atomic E-state index is 0.103. The molecule has 1 aromatic heterocycles. The highest BCUT2D eigenvalue weighted by Gasteiger charge is 2.16. The predicted molar refractivity (Wildman–Crippen MR) is 89.1 cm³/mol. The number of ketones is 1. The molecule has 112 valence electrons. The van der Waals surface area contributed by atoms with E-state index in [0.29, 0.717) is 6.42 Å². The quantitative estimate of drug-likeness (QED) is 0.777. The number of hydrogen-bond acceptors (Lipinski definition) is 3. The van der Waals surface area contributed by atoms with E-state index in [-0.39, 0.29) is 5.78 Å². The third-order valence-electron chi connectivity index (χ3n) is 3.54. The van der Waals surface area contributed by atoms with Crippen LogP contribution < -0.4 is 4.90 Å². The zero-order valence-corrected chi connectivity index (χ0v) is 14.4. The average Bonchev–Trinajstić information content (AvgIpc) is 2.74. The standard InChI is InChI=1S/C16H20BrN3O/c1-5-13-16(17)14(20(4)18-13)10-15(21)11-6-8-12(9-7-11)19(2)3/h6-9H,5,10H2,1-4H3. The topological polar surface area (TPSA) is 38.1 Å². The molecule has 0 fully saturated rings. The first-order valence-electron chi connectivity index (χ1n) is 6.94. The Labute approximate surface area is 133 Å². The van der Waals surface area contributed by atoms with Crippen molar-refractivity contribution in [3.63, 3.8) is 0 Å². The lowest BCUT2D eigenvalue weighted by Gasteiger charge is -2.12. The lowest BCUT2D eigenvalue weighted by molar-refractivity contribution is 0.0990. The van der Waals surface area contributed by atoms with Crippen molar-refractivity contribution in [3.8, 4) is 0 Å². The third-order valence-corrected chi connectivity index (χ3v) is 4.45. The van der Waals surface area contributed by atoms with Gasteiger partial charge < -0.3 is 4.90 Å². The summed E-state index contributed by atoms with van der Waals surface area (Å²) in [5.74, 6) is 0.103. The molecule has 0 aliphatic rings. The Morgan fingerprint density at radius 1 is 1.29 bits per heavy atom. The summed E-state index contributed by atoms with van der Waals surface area (Å²) >= 11 is 3.55. The highest BCUT2D eigenvalue weighted by Crippen LogP contribution is 2.23. The van der Waals surface area contributed by atoms with Gasteiger partial charge in [-0.2, -0.15) is 5.10 Å². The number of halogens is 1. The molecule has 0 amide bonds. The van der Waals surface area contributed by atoms with Crippen molar-refractivity contribution in [2.45, 2.75) is 19.8 Å². The maximum Gasteiger partial charge on any atom is 0.168 e. The molecule has 1 heterocycles. The van der Waals surface area contributed by atoms with E-state index in [1.54, 1.807) is 4.68 Å². The minimum Gasteiger partial charge on any atom is -0.378 e. The number of benzene rings is 1. The van der Waals surface area contributed by atoms with Crippen LogP contribution in [0.4, 0.5) is 5.69 Å². The normalized spacial score (nSPS) is 10.7. The van der Waals surface area contributed by atoms with Crippen LogP contribution >= 0.6 is 15.9 Å². The number of nitrogens with zero attached hydrogens (tertiary/aromatic N) is 3. The highest BCUT2D eigenvalue weighted by molar-refractivity contribution is 9.10. The Bertz CT molecular complexity index is 644. The van der Waals surface area contributed by atoms with E-state index in [9.17, 15) is 4.79 Å². The third kappa shape index (κ3) is 3.35. The Morgan fingerprint density at radius 2 is 1.90 bits per heavy atom. The van der Waals surface area contributed by atoms with Crippen molar-refractivity contribution in [3.05, 3.63) is 45.7 Å². The van der Waals surface area contributed by atoms with Gasteiger partial charge in [0.2, 0.25) is 0 Å². The summed E-state index contributed by atoms with van der Waals surface area (Å²) in [6.45, 7) is 2.05. The predicted octanol–water partition coefficient (Wildman–Crippen LogP) is 3.24. The van der Waals surface area contributed by atoms with E-state index in [2.05, 4.69) is 28.0 Å². The van der Waals surface area contributed by atoms with Gasteiger partial charge in [0.25, 0.3) is 0 Å². The molecule has 2 aromatic rings. The molecule has 21 heavy (non-hydrogen) atoms. The summed E-state index contributed by atoms with van der Waals surface area (Å²) in [6, 6.07) is 7.68. The summed E-state index contributed by atoms with van der Waals surface area (Å²) < 4.78 is 2.74. The fourth-order valence-corrected chi connectivity index (χ4v) is 2.97. The van der Waals surface area contributed by atoms with Crippen LogP contribution in [0.25, 0.3) is 0 Å². The van der Waals surface area contributed by atoms with Crippen molar-refractivity contribution >= 4 is 27.4 Å². The smallest absolute Gasteiger partial charge is 0.168 e. The number of hydrogen-bond donors (Lipinski definition) is 0. The molecular weight excluding hydrogens is 330 g/mol. The van der Waals surface area contributed by atoms with Gasteiger partial charge in [-0.05, 0) is 46.6 Å². The van der Waals surface area contributed by atoms with Gasteiger partial charge in [0.05, 0.1) is 22.3 Å². The van der Waals surface area contributed by atoms with E-state index < -0.39 is 0 Å². The van der Waals surface area contributed by atoms with Crippen LogP contribution in [0.3, 0.4) is 0 Å². The molecule has 0 N–H and O–H groups in total. The maximum absolute atomic E-state index is 12.4. The van der Waals surface area contributed by atoms with Gasteiger partial charge in [0.15, 0.2) is 5.78 Å². The fourth-order valence-electron chi connectivity index (χ4n) is 2.21. The lowest BCUT2D eigenvalue weighted by Crippen LogP contribution is -2.10. The molecule has 2 rings (SSSR count). The first kappa shape index (κ1) is 15.8. The summed E-state index contributed by atoms with van der Waals surface area (Å²) in [7, 11) is 5.84. The second kappa shape index (κ2) is 6.43. The number of rotatable bonds is 5. The average molecular weight is 350 g/mol. The van der Waals surface area contributed by atoms with Gasteiger partial charge in [-0.3, -0.25) is 9.48 Å². The number of anilines is 1. The van der Waals surface area contributed by atoms with Crippen LogP contribution in [0.5, 0.6) is 0 Å². The molecule has 4 nitrogen and oxygen atoms in total.